The first kappa shape index (κ1) is 12.3. The second kappa shape index (κ2) is 5.09. The highest BCUT2D eigenvalue weighted by atomic mass is 16.7. The van der Waals surface area contributed by atoms with Gasteiger partial charge in [-0.25, -0.2) is 0 Å². The molecule has 3 rings (SSSR count). The van der Waals surface area contributed by atoms with Crippen LogP contribution >= 0.6 is 0 Å². The van der Waals surface area contributed by atoms with Crippen molar-refractivity contribution >= 4 is 5.91 Å². The van der Waals surface area contributed by atoms with Crippen molar-refractivity contribution in [3.05, 3.63) is 23.8 Å². The number of benzene rings is 1. The Hall–Kier alpha value is -1.75. The third-order valence-electron chi connectivity index (χ3n) is 3.68. The zero-order valence-electron chi connectivity index (χ0n) is 10.9. The number of fused-ring (bicyclic) bond motifs is 1. The van der Waals surface area contributed by atoms with Crippen LogP contribution in [-0.4, -0.2) is 44.4 Å². The maximum absolute atomic E-state index is 11.8. The summed E-state index contributed by atoms with van der Waals surface area (Å²) in [7, 11) is 1.54. The van der Waals surface area contributed by atoms with Crippen molar-refractivity contribution in [2.45, 2.75) is 12.3 Å². The minimum atomic E-state index is 0.0609. The Labute approximate surface area is 112 Å². The predicted octanol–water partition coefficient (Wildman–Crippen LogP) is 1.38. The third-order valence-corrected chi connectivity index (χ3v) is 3.68. The summed E-state index contributed by atoms with van der Waals surface area (Å²) < 4.78 is 15.6. The molecule has 1 amide bonds. The maximum atomic E-state index is 11.8. The lowest BCUT2D eigenvalue weighted by molar-refractivity contribution is -0.134. The summed E-state index contributed by atoms with van der Waals surface area (Å²) in [5.41, 5.74) is 1.21. The van der Waals surface area contributed by atoms with Crippen molar-refractivity contribution in [1.29, 1.82) is 0 Å². The molecular formula is C14H17NO4. The number of carbonyl (C=O) groups excluding carboxylic acids is 1. The first-order chi connectivity index (χ1) is 9.28. The van der Waals surface area contributed by atoms with Gasteiger partial charge >= 0.3 is 0 Å². The van der Waals surface area contributed by atoms with Crippen LogP contribution in [0.2, 0.25) is 0 Å². The Balaban J connectivity index is 1.69. The van der Waals surface area contributed by atoms with Gasteiger partial charge in [0, 0.05) is 26.1 Å². The van der Waals surface area contributed by atoms with Gasteiger partial charge in [-0.3, -0.25) is 4.79 Å². The number of methoxy groups -OCH3 is 1. The Kier molecular flexibility index (Phi) is 3.29. The topological polar surface area (TPSA) is 48.0 Å². The van der Waals surface area contributed by atoms with E-state index in [9.17, 15) is 4.79 Å². The maximum Gasteiger partial charge on any atom is 0.248 e. The van der Waals surface area contributed by atoms with Gasteiger partial charge < -0.3 is 19.1 Å². The molecule has 102 valence electrons. The zero-order valence-corrected chi connectivity index (χ0v) is 10.9. The Morgan fingerprint density at radius 1 is 1.42 bits per heavy atom. The van der Waals surface area contributed by atoms with E-state index in [0.29, 0.717) is 12.7 Å². The first-order valence-corrected chi connectivity index (χ1v) is 6.44. The van der Waals surface area contributed by atoms with E-state index in [2.05, 4.69) is 6.07 Å². The van der Waals surface area contributed by atoms with Crippen LogP contribution < -0.4 is 9.47 Å². The summed E-state index contributed by atoms with van der Waals surface area (Å²) in [5, 5.41) is 0. The summed E-state index contributed by atoms with van der Waals surface area (Å²) in [6.07, 6.45) is 0.981. The number of hydrogen-bond acceptors (Lipinski definition) is 4. The van der Waals surface area contributed by atoms with Gasteiger partial charge in [0.15, 0.2) is 11.5 Å². The third kappa shape index (κ3) is 2.38. The second-order valence-corrected chi connectivity index (χ2v) is 4.87. The highest BCUT2D eigenvalue weighted by molar-refractivity contribution is 5.77. The highest BCUT2D eigenvalue weighted by Crippen LogP contribution is 2.37. The monoisotopic (exact) mass is 263 g/mol. The first-order valence-electron chi connectivity index (χ1n) is 6.44. The average molecular weight is 263 g/mol. The van der Waals surface area contributed by atoms with Crippen LogP contribution in [0.1, 0.15) is 17.9 Å². The number of rotatable bonds is 3. The number of likely N-dealkylation sites (tertiary alicyclic amines) is 1. The zero-order chi connectivity index (χ0) is 13.2. The Morgan fingerprint density at radius 3 is 3.11 bits per heavy atom. The number of hydrogen-bond donors (Lipinski definition) is 0. The molecule has 5 nitrogen and oxygen atoms in total. The van der Waals surface area contributed by atoms with Crippen molar-refractivity contribution in [3.8, 4) is 11.5 Å². The number of amides is 1. The predicted molar refractivity (Wildman–Crippen MR) is 68.4 cm³/mol. The molecular weight excluding hydrogens is 246 g/mol. The van der Waals surface area contributed by atoms with Crippen LogP contribution in [-0.2, 0) is 9.53 Å². The highest BCUT2D eigenvalue weighted by Gasteiger charge is 2.28. The summed E-state index contributed by atoms with van der Waals surface area (Å²) >= 11 is 0. The fraction of sp³-hybridized carbons (Fsp3) is 0.500. The van der Waals surface area contributed by atoms with Gasteiger partial charge in [-0.1, -0.05) is 6.07 Å². The van der Waals surface area contributed by atoms with E-state index in [4.69, 9.17) is 14.2 Å². The molecule has 0 spiro atoms. The minimum Gasteiger partial charge on any atom is -0.454 e. The summed E-state index contributed by atoms with van der Waals surface area (Å²) in [6, 6.07) is 6.02. The molecule has 5 heteroatoms. The van der Waals surface area contributed by atoms with Crippen molar-refractivity contribution in [2.75, 3.05) is 33.6 Å². The molecule has 1 aromatic rings. The molecule has 0 radical (unpaired) electrons. The second-order valence-electron chi connectivity index (χ2n) is 4.87. The van der Waals surface area contributed by atoms with E-state index in [1.54, 1.807) is 7.11 Å². The molecule has 1 saturated heterocycles. The van der Waals surface area contributed by atoms with E-state index >= 15 is 0 Å². The molecule has 1 aromatic carbocycles. The SMILES string of the molecule is COCC(=O)N1CCC(c2ccc3c(c2)OCO3)C1. The fourth-order valence-corrected chi connectivity index (χ4v) is 2.64. The lowest BCUT2D eigenvalue weighted by atomic mass is 9.98. The van der Waals surface area contributed by atoms with Crippen LogP contribution in [0.15, 0.2) is 18.2 Å². The van der Waals surface area contributed by atoms with Crippen LogP contribution in [0.5, 0.6) is 11.5 Å². The van der Waals surface area contributed by atoms with Gasteiger partial charge in [-0.2, -0.15) is 0 Å². The largest absolute Gasteiger partial charge is 0.454 e. The molecule has 0 bridgehead atoms. The molecule has 1 atom stereocenters. The summed E-state index contributed by atoms with van der Waals surface area (Å²) in [6.45, 7) is 2.00. The molecule has 0 N–H and O–H groups in total. The summed E-state index contributed by atoms with van der Waals surface area (Å²) in [4.78, 5) is 13.6. The Bertz CT molecular complexity index is 488. The van der Waals surface area contributed by atoms with Gasteiger partial charge in [0.2, 0.25) is 12.7 Å². The van der Waals surface area contributed by atoms with Gasteiger partial charge in [0.25, 0.3) is 0 Å². The van der Waals surface area contributed by atoms with Crippen molar-refractivity contribution in [1.82, 2.24) is 4.90 Å². The number of carbonyl (C=O) groups is 1. The lowest BCUT2D eigenvalue weighted by Crippen LogP contribution is -2.31. The van der Waals surface area contributed by atoms with Crippen LogP contribution in [0, 0.1) is 0 Å². The van der Waals surface area contributed by atoms with Crippen molar-refractivity contribution < 1.29 is 19.0 Å². The smallest absolute Gasteiger partial charge is 0.248 e. The molecule has 0 aromatic heterocycles. The van der Waals surface area contributed by atoms with Crippen LogP contribution in [0.25, 0.3) is 0 Å². The van der Waals surface area contributed by atoms with Gasteiger partial charge in [-0.05, 0) is 24.1 Å². The molecule has 1 fully saturated rings. The van der Waals surface area contributed by atoms with Crippen LogP contribution in [0.3, 0.4) is 0 Å². The lowest BCUT2D eigenvalue weighted by Gasteiger charge is -2.16. The molecule has 0 saturated carbocycles. The van der Waals surface area contributed by atoms with Gasteiger partial charge in [0.05, 0.1) is 0 Å². The Morgan fingerprint density at radius 2 is 2.26 bits per heavy atom. The molecule has 19 heavy (non-hydrogen) atoms. The van der Waals surface area contributed by atoms with E-state index in [1.165, 1.54) is 5.56 Å². The molecule has 2 heterocycles. The average Bonchev–Trinajstić information content (AvgIpc) is 3.07. The van der Waals surface area contributed by atoms with Gasteiger partial charge in [-0.15, -0.1) is 0 Å². The molecule has 2 aliphatic rings. The van der Waals surface area contributed by atoms with Crippen molar-refractivity contribution in [3.63, 3.8) is 0 Å². The van der Waals surface area contributed by atoms with E-state index < -0.39 is 0 Å². The van der Waals surface area contributed by atoms with Crippen LogP contribution in [0.4, 0.5) is 0 Å². The number of ether oxygens (including phenoxy) is 3. The minimum absolute atomic E-state index is 0.0609. The van der Waals surface area contributed by atoms with E-state index in [1.807, 2.05) is 17.0 Å². The fourth-order valence-electron chi connectivity index (χ4n) is 2.64. The molecule has 0 aliphatic carbocycles. The van der Waals surface area contributed by atoms with Crippen molar-refractivity contribution in [2.24, 2.45) is 0 Å². The quantitative estimate of drug-likeness (QED) is 0.826. The van der Waals surface area contributed by atoms with Gasteiger partial charge in [0.1, 0.15) is 6.61 Å². The number of nitrogens with zero attached hydrogens (tertiary/aromatic N) is 1. The molecule has 1 unspecified atom stereocenters. The standard InChI is InChI=1S/C14H17NO4/c1-17-8-14(16)15-5-4-11(7-15)10-2-3-12-13(6-10)19-9-18-12/h2-3,6,11H,4-5,7-9H2,1H3. The van der Waals surface area contributed by atoms with E-state index in [-0.39, 0.29) is 12.5 Å². The molecule has 2 aliphatic heterocycles. The van der Waals surface area contributed by atoms with E-state index in [0.717, 1.165) is 31.0 Å². The summed E-state index contributed by atoms with van der Waals surface area (Å²) in [5.74, 6) is 2.04. The normalized spacial score (nSPS) is 20.9.